The fourth-order valence-electron chi connectivity index (χ4n) is 4.35. The topological polar surface area (TPSA) is 27.3 Å². The first-order valence-electron chi connectivity index (χ1n) is 9.31. The molecule has 0 aromatic heterocycles. The van der Waals surface area contributed by atoms with Gasteiger partial charge < -0.3 is 10.6 Å². The van der Waals surface area contributed by atoms with E-state index in [-0.39, 0.29) is 0 Å². The van der Waals surface area contributed by atoms with E-state index in [2.05, 4.69) is 45.9 Å². The molecule has 2 bridgehead atoms. The zero-order chi connectivity index (χ0) is 17.9. The first-order valence-corrected chi connectivity index (χ1v) is 10.1. The summed E-state index contributed by atoms with van der Waals surface area (Å²) in [6, 6.07) is 20.2. The molecule has 0 aliphatic carbocycles. The van der Waals surface area contributed by atoms with E-state index in [0.29, 0.717) is 28.3 Å². The van der Waals surface area contributed by atoms with Gasteiger partial charge in [0.15, 0.2) is 5.11 Å². The van der Waals surface area contributed by atoms with Gasteiger partial charge in [-0.05, 0) is 55.6 Å². The molecule has 2 heterocycles. The molecule has 26 heavy (non-hydrogen) atoms. The van der Waals surface area contributed by atoms with Gasteiger partial charge in [-0.1, -0.05) is 54.1 Å². The van der Waals surface area contributed by atoms with E-state index in [9.17, 15) is 0 Å². The van der Waals surface area contributed by atoms with E-state index in [1.54, 1.807) is 0 Å². The largest absolute Gasteiger partial charge is 0.360 e. The van der Waals surface area contributed by atoms with Crippen LogP contribution in [0.15, 0.2) is 54.6 Å². The molecular formula is C21H24ClN3S. The Morgan fingerprint density at radius 3 is 2.35 bits per heavy atom. The van der Waals surface area contributed by atoms with Crippen molar-refractivity contribution in [3.8, 4) is 0 Å². The fourth-order valence-corrected chi connectivity index (χ4v) is 4.81. The summed E-state index contributed by atoms with van der Waals surface area (Å²) in [7, 11) is 0. The Labute approximate surface area is 165 Å². The smallest absolute Gasteiger partial charge is 0.171 e. The summed E-state index contributed by atoms with van der Waals surface area (Å²) in [6.07, 6.45) is 4.88. The molecule has 2 aliphatic heterocycles. The minimum absolute atomic E-state index is 0.432. The lowest BCUT2D eigenvalue weighted by Gasteiger charge is -2.39. The minimum Gasteiger partial charge on any atom is -0.360 e. The Morgan fingerprint density at radius 2 is 1.65 bits per heavy atom. The lowest BCUT2D eigenvalue weighted by Crippen LogP contribution is -2.50. The van der Waals surface area contributed by atoms with Crippen LogP contribution in [-0.4, -0.2) is 28.1 Å². The third-order valence-corrected chi connectivity index (χ3v) is 6.10. The predicted octanol–water partition coefficient (Wildman–Crippen LogP) is 4.82. The maximum absolute atomic E-state index is 6.21. The summed E-state index contributed by atoms with van der Waals surface area (Å²) in [5.41, 5.74) is 2.27. The number of hydrogen-bond acceptors (Lipinski definition) is 2. The van der Waals surface area contributed by atoms with Crippen LogP contribution in [0.5, 0.6) is 0 Å². The molecule has 2 fully saturated rings. The Bertz CT molecular complexity index is 753. The number of nitrogens with one attached hydrogen (secondary N) is 2. The van der Waals surface area contributed by atoms with E-state index in [1.165, 1.54) is 18.4 Å². The van der Waals surface area contributed by atoms with Crippen LogP contribution < -0.4 is 10.6 Å². The Balaban J connectivity index is 1.34. The normalized spacial score (nSPS) is 25.0. The number of para-hydroxylation sites is 1. The van der Waals surface area contributed by atoms with Gasteiger partial charge in [0.05, 0.1) is 10.7 Å². The molecule has 2 N–H and O–H groups in total. The number of piperidine rings is 1. The second kappa shape index (κ2) is 7.95. The van der Waals surface area contributed by atoms with Gasteiger partial charge in [0.1, 0.15) is 0 Å². The number of rotatable bonds is 4. The fraction of sp³-hybridized carbons (Fsp3) is 0.381. The van der Waals surface area contributed by atoms with Gasteiger partial charge in [0, 0.05) is 24.7 Å². The van der Waals surface area contributed by atoms with Crippen molar-refractivity contribution in [2.24, 2.45) is 0 Å². The average molecular weight is 386 g/mol. The highest BCUT2D eigenvalue weighted by atomic mass is 35.5. The van der Waals surface area contributed by atoms with Crippen molar-refractivity contribution in [3.05, 3.63) is 65.2 Å². The van der Waals surface area contributed by atoms with Crippen LogP contribution >= 0.6 is 23.8 Å². The predicted molar refractivity (Wildman–Crippen MR) is 113 cm³/mol. The van der Waals surface area contributed by atoms with Crippen LogP contribution in [0.4, 0.5) is 5.69 Å². The molecule has 2 saturated heterocycles. The zero-order valence-electron chi connectivity index (χ0n) is 14.7. The molecule has 2 aromatic carbocycles. The van der Waals surface area contributed by atoms with Crippen molar-refractivity contribution in [2.75, 3.05) is 5.32 Å². The van der Waals surface area contributed by atoms with E-state index >= 15 is 0 Å². The first kappa shape index (κ1) is 17.8. The highest BCUT2D eigenvalue weighted by Crippen LogP contribution is 2.36. The van der Waals surface area contributed by atoms with E-state index in [0.717, 1.165) is 25.1 Å². The summed E-state index contributed by atoms with van der Waals surface area (Å²) >= 11 is 11.7. The van der Waals surface area contributed by atoms with Crippen LogP contribution in [0.25, 0.3) is 0 Å². The zero-order valence-corrected chi connectivity index (χ0v) is 16.3. The van der Waals surface area contributed by atoms with Crippen molar-refractivity contribution < 1.29 is 0 Å². The van der Waals surface area contributed by atoms with Crippen molar-refractivity contribution in [1.82, 2.24) is 10.2 Å². The number of benzene rings is 2. The minimum atomic E-state index is 0.432. The Hall–Kier alpha value is -1.62. The van der Waals surface area contributed by atoms with Crippen molar-refractivity contribution in [1.29, 1.82) is 0 Å². The van der Waals surface area contributed by atoms with Crippen LogP contribution in [0, 0.1) is 0 Å². The molecule has 0 amide bonds. The number of anilines is 1. The van der Waals surface area contributed by atoms with Crippen LogP contribution in [0.3, 0.4) is 0 Å². The lowest BCUT2D eigenvalue weighted by atomic mass is 9.96. The molecule has 3 nitrogen and oxygen atoms in total. The monoisotopic (exact) mass is 385 g/mol. The Kier molecular flexibility index (Phi) is 5.44. The number of thiocarbonyl (C=S) groups is 1. The number of fused-ring (bicyclic) bond motifs is 2. The summed E-state index contributed by atoms with van der Waals surface area (Å²) < 4.78 is 0. The second-order valence-electron chi connectivity index (χ2n) is 7.29. The molecule has 0 radical (unpaired) electrons. The molecule has 0 unspecified atom stereocenters. The molecule has 2 aromatic rings. The molecule has 136 valence electrons. The maximum Gasteiger partial charge on any atom is 0.171 e. The number of hydrogen-bond donors (Lipinski definition) is 2. The van der Waals surface area contributed by atoms with Crippen molar-refractivity contribution in [3.63, 3.8) is 0 Å². The summed E-state index contributed by atoms with van der Waals surface area (Å²) in [4.78, 5) is 2.69. The molecule has 0 spiro atoms. The summed E-state index contributed by atoms with van der Waals surface area (Å²) in [5, 5.41) is 8.10. The SMILES string of the molecule is S=C(Nc1ccccc1Cl)NC1C[C@H]2CC[C@H](C1)N2Cc1ccccc1. The Morgan fingerprint density at radius 1 is 1.00 bits per heavy atom. The molecule has 0 saturated carbocycles. The van der Waals surface area contributed by atoms with Crippen LogP contribution in [0.1, 0.15) is 31.2 Å². The van der Waals surface area contributed by atoms with Gasteiger partial charge in [-0.2, -0.15) is 0 Å². The van der Waals surface area contributed by atoms with Gasteiger partial charge in [-0.3, -0.25) is 4.90 Å². The number of nitrogens with zero attached hydrogens (tertiary/aromatic N) is 1. The molecular weight excluding hydrogens is 362 g/mol. The maximum atomic E-state index is 6.21. The highest BCUT2D eigenvalue weighted by molar-refractivity contribution is 7.80. The quantitative estimate of drug-likeness (QED) is 0.737. The molecule has 2 aliphatic rings. The van der Waals surface area contributed by atoms with Crippen molar-refractivity contribution >= 4 is 34.6 Å². The van der Waals surface area contributed by atoms with Gasteiger partial charge in [-0.25, -0.2) is 0 Å². The van der Waals surface area contributed by atoms with Crippen molar-refractivity contribution in [2.45, 2.75) is 50.4 Å². The van der Waals surface area contributed by atoms with Crippen LogP contribution in [0.2, 0.25) is 5.02 Å². The third kappa shape index (κ3) is 4.03. The second-order valence-corrected chi connectivity index (χ2v) is 8.11. The van der Waals surface area contributed by atoms with Gasteiger partial charge in [-0.15, -0.1) is 0 Å². The van der Waals surface area contributed by atoms with Crippen LogP contribution in [-0.2, 0) is 6.54 Å². The summed E-state index contributed by atoms with van der Waals surface area (Å²) in [6.45, 7) is 1.06. The number of halogens is 1. The van der Waals surface area contributed by atoms with Gasteiger partial charge in [0.25, 0.3) is 0 Å². The van der Waals surface area contributed by atoms with E-state index in [1.807, 2.05) is 24.3 Å². The first-order chi connectivity index (χ1) is 12.7. The standard InChI is InChI=1S/C21H24ClN3S/c22-19-8-4-5-9-20(19)24-21(26)23-16-12-17-10-11-18(13-16)25(17)14-15-6-2-1-3-7-15/h1-9,16-18H,10-14H2,(H2,23,24,26)/t17-,18-/m1/s1. The average Bonchev–Trinajstić information content (AvgIpc) is 2.87. The molecule has 4 rings (SSSR count). The summed E-state index contributed by atoms with van der Waals surface area (Å²) in [5.74, 6) is 0. The van der Waals surface area contributed by atoms with Gasteiger partial charge in [0.2, 0.25) is 0 Å². The third-order valence-electron chi connectivity index (χ3n) is 5.55. The molecule has 5 heteroatoms. The molecule has 2 atom stereocenters. The van der Waals surface area contributed by atoms with E-state index < -0.39 is 0 Å². The lowest BCUT2D eigenvalue weighted by molar-refractivity contribution is 0.115. The highest BCUT2D eigenvalue weighted by Gasteiger charge is 2.40. The van der Waals surface area contributed by atoms with Gasteiger partial charge >= 0.3 is 0 Å². The van der Waals surface area contributed by atoms with E-state index in [4.69, 9.17) is 23.8 Å².